The molecule has 0 aliphatic carbocycles. The minimum absolute atomic E-state index is 0.550. The highest BCUT2D eigenvalue weighted by Gasteiger charge is 2.22. The number of fused-ring (bicyclic) bond motifs is 6. The Morgan fingerprint density at radius 2 is 0.786 bits per heavy atom. The fraction of sp³-hybridized carbons (Fsp3) is 0. The highest BCUT2D eigenvalue weighted by Crippen LogP contribution is 2.46. The summed E-state index contributed by atoms with van der Waals surface area (Å²) in [5.41, 5.74) is 12.3. The van der Waals surface area contributed by atoms with Crippen LogP contribution in [0.3, 0.4) is 0 Å². The van der Waals surface area contributed by atoms with Crippen molar-refractivity contribution in [3.63, 3.8) is 0 Å². The van der Waals surface area contributed by atoms with Gasteiger partial charge in [0.15, 0.2) is 17.5 Å². The second kappa shape index (κ2) is 13.0. The van der Waals surface area contributed by atoms with E-state index in [0.717, 1.165) is 88.4 Å². The second-order valence-electron chi connectivity index (χ2n) is 13.9. The van der Waals surface area contributed by atoms with Gasteiger partial charge < -0.3 is 8.83 Å². The van der Waals surface area contributed by atoms with Crippen LogP contribution in [0.4, 0.5) is 0 Å². The summed E-state index contributed by atoms with van der Waals surface area (Å²) in [6, 6.07) is 64.4. The Bertz CT molecular complexity index is 3180. The number of hydrogen-bond acceptors (Lipinski definition) is 5. The van der Waals surface area contributed by atoms with Crippen LogP contribution >= 0.6 is 0 Å². The number of nitrogens with zero attached hydrogens (tertiary/aromatic N) is 3. The van der Waals surface area contributed by atoms with E-state index in [1.807, 2.05) is 91.0 Å². The Morgan fingerprint density at radius 3 is 1.48 bits per heavy atom. The molecule has 0 fully saturated rings. The van der Waals surface area contributed by atoms with Gasteiger partial charge in [-0.05, 0) is 46.5 Å². The molecule has 8 aromatic carbocycles. The van der Waals surface area contributed by atoms with Crippen LogP contribution < -0.4 is 0 Å². The smallest absolute Gasteiger partial charge is 0.167 e. The van der Waals surface area contributed by atoms with Gasteiger partial charge >= 0.3 is 0 Å². The number of para-hydroxylation sites is 3. The number of aromatic nitrogens is 3. The van der Waals surface area contributed by atoms with Crippen molar-refractivity contribution in [2.75, 3.05) is 0 Å². The van der Waals surface area contributed by atoms with Crippen molar-refractivity contribution in [1.82, 2.24) is 15.0 Å². The normalized spacial score (nSPS) is 11.6. The molecule has 5 nitrogen and oxygen atoms in total. The summed E-state index contributed by atoms with van der Waals surface area (Å²) in [6.07, 6.45) is 0. The van der Waals surface area contributed by atoms with E-state index < -0.39 is 0 Å². The topological polar surface area (TPSA) is 65.0 Å². The molecule has 0 unspecified atom stereocenters. The van der Waals surface area contributed by atoms with Crippen LogP contribution in [0.1, 0.15) is 0 Å². The van der Waals surface area contributed by atoms with E-state index >= 15 is 0 Å². The van der Waals surface area contributed by atoms with Crippen LogP contribution in [0.5, 0.6) is 0 Å². The average molecular weight is 718 g/mol. The highest BCUT2D eigenvalue weighted by molar-refractivity contribution is 6.20. The first-order valence-corrected chi connectivity index (χ1v) is 18.7. The summed E-state index contributed by atoms with van der Waals surface area (Å²) in [6.45, 7) is 0. The molecular formula is C51H31N3O2. The molecule has 3 aromatic heterocycles. The standard InChI is InChI=1S/C51H31N3O2/c1-4-15-32(16-5-1)35-21-12-22-36(31-35)37-29-30-38(45-42-23-10-11-28-44(42)55-48(37)45)39-24-13-25-40-41-26-14-27-43(47(41)56-46(39)40)51-53-49(33-17-6-2-7-18-33)52-50(54-51)34-19-8-3-9-20-34/h1-31H. The summed E-state index contributed by atoms with van der Waals surface area (Å²) in [5.74, 6) is 1.76. The monoisotopic (exact) mass is 717 g/mol. The number of benzene rings is 8. The fourth-order valence-corrected chi connectivity index (χ4v) is 7.91. The second-order valence-corrected chi connectivity index (χ2v) is 13.9. The van der Waals surface area contributed by atoms with Gasteiger partial charge in [0.1, 0.15) is 22.3 Å². The SMILES string of the molecule is c1ccc(-c2cccc(-c3ccc(-c4cccc5c4oc4c(-c6nc(-c7ccccc7)nc(-c7ccccc7)n6)cccc45)c4c3oc3ccccc34)c2)cc1. The van der Waals surface area contributed by atoms with Gasteiger partial charge in [0.05, 0.1) is 5.56 Å². The fourth-order valence-electron chi connectivity index (χ4n) is 7.91. The van der Waals surface area contributed by atoms with E-state index in [9.17, 15) is 0 Å². The van der Waals surface area contributed by atoms with E-state index in [1.165, 1.54) is 5.56 Å². The van der Waals surface area contributed by atoms with Gasteiger partial charge in [-0.15, -0.1) is 0 Å². The molecular weight excluding hydrogens is 687 g/mol. The lowest BCUT2D eigenvalue weighted by Gasteiger charge is -2.10. The molecule has 262 valence electrons. The van der Waals surface area contributed by atoms with Crippen molar-refractivity contribution in [3.05, 3.63) is 188 Å². The molecule has 11 aromatic rings. The van der Waals surface area contributed by atoms with Gasteiger partial charge in [-0.25, -0.2) is 15.0 Å². The van der Waals surface area contributed by atoms with Gasteiger partial charge in [0.25, 0.3) is 0 Å². The molecule has 11 rings (SSSR count). The zero-order chi connectivity index (χ0) is 37.0. The molecule has 0 saturated heterocycles. The molecule has 0 spiro atoms. The Labute approximate surface area is 322 Å². The third-order valence-electron chi connectivity index (χ3n) is 10.6. The maximum Gasteiger partial charge on any atom is 0.167 e. The third-order valence-corrected chi connectivity index (χ3v) is 10.6. The van der Waals surface area contributed by atoms with Crippen molar-refractivity contribution in [3.8, 4) is 67.5 Å². The largest absolute Gasteiger partial charge is 0.455 e. The summed E-state index contributed by atoms with van der Waals surface area (Å²) in [4.78, 5) is 15.0. The minimum Gasteiger partial charge on any atom is -0.455 e. The summed E-state index contributed by atoms with van der Waals surface area (Å²) < 4.78 is 13.7. The van der Waals surface area contributed by atoms with Crippen LogP contribution in [-0.2, 0) is 0 Å². The molecule has 56 heavy (non-hydrogen) atoms. The molecule has 0 radical (unpaired) electrons. The van der Waals surface area contributed by atoms with Crippen molar-refractivity contribution in [1.29, 1.82) is 0 Å². The van der Waals surface area contributed by atoms with Gasteiger partial charge in [0.2, 0.25) is 0 Å². The number of furan rings is 2. The Balaban J connectivity index is 1.12. The average Bonchev–Trinajstić information content (AvgIpc) is 3.86. The maximum atomic E-state index is 7.00. The van der Waals surface area contributed by atoms with Crippen LogP contribution in [0.25, 0.3) is 111 Å². The summed E-state index contributed by atoms with van der Waals surface area (Å²) >= 11 is 0. The minimum atomic E-state index is 0.550. The molecule has 3 heterocycles. The van der Waals surface area contributed by atoms with Gasteiger partial charge in [0, 0.05) is 43.8 Å². The molecule has 0 N–H and O–H groups in total. The predicted octanol–water partition coefficient (Wildman–Crippen LogP) is 13.7. The van der Waals surface area contributed by atoms with Crippen molar-refractivity contribution >= 4 is 43.9 Å². The van der Waals surface area contributed by atoms with E-state index in [-0.39, 0.29) is 0 Å². The molecule has 0 saturated carbocycles. The van der Waals surface area contributed by atoms with Crippen LogP contribution in [-0.4, -0.2) is 15.0 Å². The molecule has 0 aliphatic heterocycles. The molecule has 0 amide bonds. The summed E-state index contributed by atoms with van der Waals surface area (Å²) in [5, 5.41) is 4.11. The van der Waals surface area contributed by atoms with Gasteiger partial charge in [-0.2, -0.15) is 0 Å². The molecule has 0 atom stereocenters. The van der Waals surface area contributed by atoms with Gasteiger partial charge in [-0.1, -0.05) is 164 Å². The van der Waals surface area contributed by atoms with Crippen LogP contribution in [0.2, 0.25) is 0 Å². The lowest BCUT2D eigenvalue weighted by atomic mass is 9.92. The van der Waals surface area contributed by atoms with Crippen molar-refractivity contribution < 1.29 is 8.83 Å². The molecule has 5 heteroatoms. The number of hydrogen-bond donors (Lipinski definition) is 0. The van der Waals surface area contributed by atoms with Gasteiger partial charge in [-0.3, -0.25) is 0 Å². The Morgan fingerprint density at radius 1 is 0.286 bits per heavy atom. The first kappa shape index (κ1) is 31.9. The molecule has 0 aliphatic rings. The van der Waals surface area contributed by atoms with E-state index in [4.69, 9.17) is 23.8 Å². The molecule has 0 bridgehead atoms. The van der Waals surface area contributed by atoms with Crippen molar-refractivity contribution in [2.45, 2.75) is 0 Å². The van der Waals surface area contributed by atoms with Crippen molar-refractivity contribution in [2.24, 2.45) is 0 Å². The first-order valence-electron chi connectivity index (χ1n) is 18.7. The third kappa shape index (κ3) is 5.29. The lowest BCUT2D eigenvalue weighted by molar-refractivity contribution is 0.669. The van der Waals surface area contributed by atoms with Crippen LogP contribution in [0.15, 0.2) is 197 Å². The summed E-state index contributed by atoms with van der Waals surface area (Å²) in [7, 11) is 0. The van der Waals surface area contributed by atoms with E-state index in [1.54, 1.807) is 0 Å². The zero-order valence-electron chi connectivity index (χ0n) is 30.1. The van der Waals surface area contributed by atoms with E-state index in [0.29, 0.717) is 17.5 Å². The first-order chi connectivity index (χ1) is 27.8. The predicted molar refractivity (Wildman–Crippen MR) is 227 cm³/mol. The van der Waals surface area contributed by atoms with Crippen LogP contribution in [0, 0.1) is 0 Å². The Hall–Kier alpha value is -7.63. The lowest BCUT2D eigenvalue weighted by Crippen LogP contribution is -2.00. The zero-order valence-corrected chi connectivity index (χ0v) is 30.1. The quantitative estimate of drug-likeness (QED) is 0.171. The maximum absolute atomic E-state index is 7.00. The Kier molecular flexibility index (Phi) is 7.42. The highest BCUT2D eigenvalue weighted by atomic mass is 16.3. The number of rotatable bonds is 6. The van der Waals surface area contributed by atoms with E-state index in [2.05, 4.69) is 97.1 Å².